The quantitative estimate of drug-likeness (QED) is 0.449. The summed E-state index contributed by atoms with van der Waals surface area (Å²) in [6, 6.07) is 8.64. The lowest BCUT2D eigenvalue weighted by Gasteiger charge is -2.23. The smallest absolute Gasteiger partial charge is 0.193 e. The number of nitrogens with one attached hydrogen (secondary N) is 1. The van der Waals surface area contributed by atoms with Crippen molar-refractivity contribution >= 4 is 29.9 Å². The molecule has 1 N–H and O–H groups in total. The Balaban J connectivity index is 0.00000400. The van der Waals surface area contributed by atoms with Crippen molar-refractivity contribution in [1.82, 2.24) is 15.1 Å². The number of aryl methyl sites for hydroxylation is 1. The summed E-state index contributed by atoms with van der Waals surface area (Å²) in [7, 11) is 6.02. The Hall–Kier alpha value is -0.820. The first-order valence-corrected chi connectivity index (χ1v) is 7.22. The van der Waals surface area contributed by atoms with Crippen LogP contribution in [-0.2, 0) is 6.54 Å². The summed E-state index contributed by atoms with van der Waals surface area (Å²) in [5, 5.41) is 3.40. The van der Waals surface area contributed by atoms with E-state index in [1.54, 1.807) is 0 Å². The van der Waals surface area contributed by atoms with Crippen LogP contribution in [0.5, 0.6) is 0 Å². The summed E-state index contributed by atoms with van der Waals surface area (Å²) in [4.78, 5) is 8.76. The summed E-state index contributed by atoms with van der Waals surface area (Å²) >= 11 is 0. The van der Waals surface area contributed by atoms with E-state index in [1.807, 2.05) is 7.05 Å². The molecule has 0 saturated carbocycles. The number of likely N-dealkylation sites (N-methyl/N-ethyl adjacent to an activating group) is 1. The number of halogens is 1. The van der Waals surface area contributed by atoms with Crippen LogP contribution in [-0.4, -0.2) is 56.5 Å². The number of rotatable bonds is 6. The SMILES string of the molecule is CCN(C)CCNC(=NC)N(C)Cc1ccc(C)cc1.I. The van der Waals surface area contributed by atoms with Crippen molar-refractivity contribution in [2.45, 2.75) is 20.4 Å². The number of aliphatic imine (C=N–C) groups is 1. The minimum absolute atomic E-state index is 0. The zero-order valence-corrected chi connectivity index (χ0v) is 16.2. The van der Waals surface area contributed by atoms with Crippen molar-refractivity contribution in [2.75, 3.05) is 40.8 Å². The fraction of sp³-hybridized carbons (Fsp3) is 0.562. The summed E-state index contributed by atoms with van der Waals surface area (Å²) in [6.45, 7) is 8.14. The molecule has 0 aliphatic carbocycles. The third kappa shape index (κ3) is 7.66. The molecule has 0 heterocycles. The molecule has 21 heavy (non-hydrogen) atoms. The lowest BCUT2D eigenvalue weighted by atomic mass is 10.1. The van der Waals surface area contributed by atoms with Crippen LogP contribution >= 0.6 is 24.0 Å². The van der Waals surface area contributed by atoms with Crippen molar-refractivity contribution in [3.63, 3.8) is 0 Å². The van der Waals surface area contributed by atoms with Crippen LogP contribution in [0.1, 0.15) is 18.1 Å². The normalized spacial score (nSPS) is 11.2. The fourth-order valence-corrected chi connectivity index (χ4v) is 1.94. The third-order valence-corrected chi connectivity index (χ3v) is 3.43. The molecule has 120 valence electrons. The highest BCUT2D eigenvalue weighted by Gasteiger charge is 2.06. The molecule has 0 aliphatic rings. The maximum Gasteiger partial charge on any atom is 0.193 e. The Kier molecular flexibility index (Phi) is 10.4. The number of hydrogen-bond donors (Lipinski definition) is 1. The lowest BCUT2D eigenvalue weighted by Crippen LogP contribution is -2.41. The Morgan fingerprint density at radius 3 is 2.33 bits per heavy atom. The molecular formula is C16H29IN4. The second kappa shape index (κ2) is 10.8. The number of nitrogens with zero attached hydrogens (tertiary/aromatic N) is 3. The second-order valence-corrected chi connectivity index (χ2v) is 5.21. The van der Waals surface area contributed by atoms with E-state index in [4.69, 9.17) is 0 Å². The number of hydrogen-bond acceptors (Lipinski definition) is 2. The average Bonchev–Trinajstić information content (AvgIpc) is 2.45. The zero-order valence-electron chi connectivity index (χ0n) is 13.9. The van der Waals surface area contributed by atoms with Crippen molar-refractivity contribution in [2.24, 2.45) is 4.99 Å². The summed E-state index contributed by atoms with van der Waals surface area (Å²) in [5.74, 6) is 0.940. The van der Waals surface area contributed by atoms with Gasteiger partial charge in [0, 0.05) is 33.7 Å². The van der Waals surface area contributed by atoms with Gasteiger partial charge in [0.1, 0.15) is 0 Å². The molecule has 0 spiro atoms. The molecule has 0 aliphatic heterocycles. The predicted octanol–water partition coefficient (Wildman–Crippen LogP) is 2.57. The topological polar surface area (TPSA) is 30.9 Å². The van der Waals surface area contributed by atoms with E-state index in [0.29, 0.717) is 0 Å². The Morgan fingerprint density at radius 2 is 1.81 bits per heavy atom. The van der Waals surface area contributed by atoms with E-state index in [1.165, 1.54) is 11.1 Å². The van der Waals surface area contributed by atoms with E-state index in [-0.39, 0.29) is 24.0 Å². The van der Waals surface area contributed by atoms with Crippen molar-refractivity contribution in [1.29, 1.82) is 0 Å². The van der Waals surface area contributed by atoms with Crippen LogP contribution < -0.4 is 5.32 Å². The van der Waals surface area contributed by atoms with E-state index in [2.05, 4.69) is 72.3 Å². The molecule has 0 bridgehead atoms. The Labute approximate surface area is 146 Å². The Morgan fingerprint density at radius 1 is 1.19 bits per heavy atom. The minimum atomic E-state index is 0. The van der Waals surface area contributed by atoms with Gasteiger partial charge in [-0.2, -0.15) is 0 Å². The third-order valence-electron chi connectivity index (χ3n) is 3.43. The van der Waals surface area contributed by atoms with Gasteiger partial charge in [-0.25, -0.2) is 0 Å². The van der Waals surface area contributed by atoms with Crippen LogP contribution in [0.4, 0.5) is 0 Å². The van der Waals surface area contributed by atoms with E-state index in [9.17, 15) is 0 Å². The van der Waals surface area contributed by atoms with E-state index in [0.717, 1.165) is 32.1 Å². The monoisotopic (exact) mass is 404 g/mol. The van der Waals surface area contributed by atoms with Crippen molar-refractivity contribution < 1.29 is 0 Å². The first kappa shape index (κ1) is 20.2. The average molecular weight is 404 g/mol. The molecular weight excluding hydrogens is 375 g/mol. The van der Waals surface area contributed by atoms with Crippen LogP contribution in [0.3, 0.4) is 0 Å². The van der Waals surface area contributed by atoms with Gasteiger partial charge in [0.2, 0.25) is 0 Å². The highest BCUT2D eigenvalue weighted by Crippen LogP contribution is 2.05. The molecule has 1 aromatic rings. The summed E-state index contributed by atoms with van der Waals surface area (Å²) in [6.07, 6.45) is 0. The van der Waals surface area contributed by atoms with E-state index >= 15 is 0 Å². The van der Waals surface area contributed by atoms with Gasteiger partial charge in [0.25, 0.3) is 0 Å². The summed E-state index contributed by atoms with van der Waals surface area (Å²) in [5.41, 5.74) is 2.59. The maximum atomic E-state index is 4.34. The van der Waals surface area contributed by atoms with Crippen LogP contribution in [0.2, 0.25) is 0 Å². The Bertz CT molecular complexity index is 417. The molecule has 0 fully saturated rings. The molecule has 1 rings (SSSR count). The molecule has 4 nitrogen and oxygen atoms in total. The lowest BCUT2D eigenvalue weighted by molar-refractivity contribution is 0.353. The van der Waals surface area contributed by atoms with Gasteiger partial charge in [-0.3, -0.25) is 4.99 Å². The van der Waals surface area contributed by atoms with Gasteiger partial charge in [-0.15, -0.1) is 24.0 Å². The fourth-order valence-electron chi connectivity index (χ4n) is 1.94. The molecule has 0 aromatic heterocycles. The van der Waals surface area contributed by atoms with Gasteiger partial charge in [0.05, 0.1) is 0 Å². The first-order chi connectivity index (χ1) is 9.56. The molecule has 5 heteroatoms. The largest absolute Gasteiger partial charge is 0.355 e. The molecule has 0 radical (unpaired) electrons. The standard InChI is InChI=1S/C16H28N4.HI/c1-6-19(4)12-11-18-16(17-3)20(5)13-15-9-7-14(2)8-10-15;/h7-10H,6,11-13H2,1-5H3,(H,17,18);1H. The highest BCUT2D eigenvalue weighted by molar-refractivity contribution is 14.0. The molecule has 0 saturated heterocycles. The summed E-state index contributed by atoms with van der Waals surface area (Å²) < 4.78 is 0. The van der Waals surface area contributed by atoms with Gasteiger partial charge < -0.3 is 15.1 Å². The van der Waals surface area contributed by atoms with Gasteiger partial charge in [0.15, 0.2) is 5.96 Å². The molecule has 0 unspecified atom stereocenters. The first-order valence-electron chi connectivity index (χ1n) is 7.22. The van der Waals surface area contributed by atoms with Crippen LogP contribution in [0, 0.1) is 6.92 Å². The molecule has 0 atom stereocenters. The van der Waals surface area contributed by atoms with Crippen molar-refractivity contribution in [3.8, 4) is 0 Å². The van der Waals surface area contributed by atoms with Gasteiger partial charge in [-0.05, 0) is 26.1 Å². The molecule has 1 aromatic carbocycles. The zero-order chi connectivity index (χ0) is 15.0. The van der Waals surface area contributed by atoms with E-state index < -0.39 is 0 Å². The predicted molar refractivity (Wildman–Crippen MR) is 103 cm³/mol. The van der Waals surface area contributed by atoms with Crippen molar-refractivity contribution in [3.05, 3.63) is 35.4 Å². The number of benzene rings is 1. The maximum absolute atomic E-state index is 4.34. The highest BCUT2D eigenvalue weighted by atomic mass is 127. The van der Waals surface area contributed by atoms with Gasteiger partial charge in [-0.1, -0.05) is 36.8 Å². The van der Waals surface area contributed by atoms with Crippen LogP contribution in [0.15, 0.2) is 29.3 Å². The minimum Gasteiger partial charge on any atom is -0.355 e. The number of guanidine groups is 1. The second-order valence-electron chi connectivity index (χ2n) is 5.21. The van der Waals surface area contributed by atoms with Crippen LogP contribution in [0.25, 0.3) is 0 Å². The van der Waals surface area contributed by atoms with Gasteiger partial charge >= 0.3 is 0 Å². The molecule has 0 amide bonds.